The predicted molar refractivity (Wildman–Crippen MR) is 158 cm³/mol. The molecule has 4 rings (SSSR count). The van der Waals surface area contributed by atoms with Crippen LogP contribution in [-0.2, 0) is 4.43 Å². The van der Waals surface area contributed by atoms with E-state index in [2.05, 4.69) is 80.3 Å². The van der Waals surface area contributed by atoms with Crippen molar-refractivity contribution in [2.45, 2.75) is 48.9 Å². The van der Waals surface area contributed by atoms with Gasteiger partial charge in [0, 0.05) is 15.4 Å². The lowest BCUT2D eigenvalue weighted by molar-refractivity contribution is 0.0580. The molecule has 0 N–H and O–H groups in total. The maximum absolute atomic E-state index is 13.9. The highest BCUT2D eigenvalue weighted by atomic mass is 32.2. The second-order valence-corrected chi connectivity index (χ2v) is 25.5. The van der Waals surface area contributed by atoms with E-state index < -0.39 is 21.0 Å². The third-order valence-corrected chi connectivity index (χ3v) is 21.1. The van der Waals surface area contributed by atoms with E-state index in [1.165, 1.54) is 15.3 Å². The molecule has 0 unspecified atom stereocenters. The first kappa shape index (κ1) is 26.4. The van der Waals surface area contributed by atoms with E-state index in [9.17, 15) is 4.79 Å². The van der Waals surface area contributed by atoms with Crippen molar-refractivity contribution in [1.82, 2.24) is 0 Å². The van der Waals surface area contributed by atoms with Crippen LogP contribution in [0.1, 0.15) is 24.2 Å². The highest BCUT2D eigenvalue weighted by Crippen LogP contribution is 2.31. The summed E-state index contributed by atoms with van der Waals surface area (Å²) in [5, 5.41) is 2.46. The molecule has 36 heavy (non-hydrogen) atoms. The largest absolute Gasteiger partial charge is 0.398 e. The normalized spacial score (nSPS) is 12.4. The van der Waals surface area contributed by atoms with Crippen molar-refractivity contribution in [3.63, 3.8) is 0 Å². The van der Waals surface area contributed by atoms with Gasteiger partial charge in [0.1, 0.15) is 5.60 Å². The minimum Gasteiger partial charge on any atom is -0.398 e. The molecule has 0 saturated heterocycles. The maximum Gasteiger partial charge on any atom is 0.241 e. The molecule has 4 aromatic carbocycles. The van der Waals surface area contributed by atoms with E-state index in [4.69, 9.17) is 4.43 Å². The Labute approximate surface area is 221 Å². The van der Waals surface area contributed by atoms with Crippen molar-refractivity contribution in [1.29, 1.82) is 0 Å². The third-order valence-electron chi connectivity index (χ3n) is 6.47. The van der Waals surface area contributed by atoms with Crippen LogP contribution in [0.2, 0.25) is 19.6 Å². The Bertz CT molecular complexity index is 1240. The van der Waals surface area contributed by atoms with Gasteiger partial charge in [-0.15, -0.1) is 0 Å². The fraction of sp³-hybridized carbons (Fsp3) is 0.194. The van der Waals surface area contributed by atoms with E-state index in [-0.39, 0.29) is 5.78 Å². The first-order valence-electron chi connectivity index (χ1n) is 12.3. The van der Waals surface area contributed by atoms with Crippen LogP contribution in [-0.4, -0.2) is 26.8 Å². The standard InChI is InChI=1S/C31H34O2SSi2/c1-31(2,30(32)25-21-23-27(24-22-25)34-26-15-9-6-10-16-26)33-36(35(3,4)5,28-17-11-7-12-18-28)29-19-13-8-14-20-29/h6-24H,1-5H3. The van der Waals surface area contributed by atoms with Crippen LogP contribution < -0.4 is 10.4 Å². The van der Waals surface area contributed by atoms with Gasteiger partial charge in [-0.1, -0.05) is 122 Å². The van der Waals surface area contributed by atoms with Crippen molar-refractivity contribution in [3.8, 4) is 0 Å². The van der Waals surface area contributed by atoms with Gasteiger partial charge in [-0.2, -0.15) is 0 Å². The third kappa shape index (κ3) is 5.49. The number of ketones is 1. The van der Waals surface area contributed by atoms with Crippen molar-refractivity contribution in [2.24, 2.45) is 0 Å². The zero-order valence-electron chi connectivity index (χ0n) is 21.7. The van der Waals surface area contributed by atoms with Gasteiger partial charge in [0.25, 0.3) is 0 Å². The minimum atomic E-state index is -2.73. The number of hydrogen-bond acceptors (Lipinski definition) is 3. The monoisotopic (exact) mass is 526 g/mol. The van der Waals surface area contributed by atoms with Crippen molar-refractivity contribution < 1.29 is 9.22 Å². The molecule has 0 aliphatic rings. The Hall–Kier alpha value is -2.71. The van der Waals surface area contributed by atoms with Crippen LogP contribution in [0.4, 0.5) is 0 Å². The summed E-state index contributed by atoms with van der Waals surface area (Å²) in [5.41, 5.74) is -0.302. The molecule has 0 spiro atoms. The molecule has 0 aromatic heterocycles. The number of Topliss-reactive ketones (excluding diaryl/α,β-unsaturated/α-hetero) is 1. The van der Waals surface area contributed by atoms with Crippen molar-refractivity contribution in [3.05, 3.63) is 121 Å². The molecule has 5 heteroatoms. The summed E-state index contributed by atoms with van der Waals surface area (Å²) >= 11 is 1.69. The van der Waals surface area contributed by atoms with Crippen molar-refractivity contribution in [2.75, 3.05) is 0 Å². The second kappa shape index (κ2) is 10.7. The molecule has 0 amide bonds. The molecule has 0 heterocycles. The Morgan fingerprint density at radius 1 is 0.639 bits per heavy atom. The van der Waals surface area contributed by atoms with E-state index in [0.29, 0.717) is 5.56 Å². The van der Waals surface area contributed by atoms with Crippen LogP contribution in [0.15, 0.2) is 125 Å². The molecule has 0 bridgehead atoms. The first-order valence-corrected chi connectivity index (χ1v) is 19.5. The van der Waals surface area contributed by atoms with Gasteiger partial charge in [0.2, 0.25) is 7.83 Å². The van der Waals surface area contributed by atoms with Crippen LogP contribution in [0.25, 0.3) is 0 Å². The number of carbonyl (C=O) groups is 1. The summed E-state index contributed by atoms with van der Waals surface area (Å²) in [6, 6.07) is 39.4. The first-order chi connectivity index (χ1) is 17.1. The Morgan fingerprint density at radius 3 is 1.50 bits per heavy atom. The van der Waals surface area contributed by atoms with Crippen LogP contribution >= 0.6 is 11.8 Å². The average Bonchev–Trinajstić information content (AvgIpc) is 2.88. The lowest BCUT2D eigenvalue weighted by Crippen LogP contribution is -2.77. The van der Waals surface area contributed by atoms with E-state index >= 15 is 0 Å². The summed E-state index contributed by atoms with van der Waals surface area (Å²) in [6.45, 7) is 11.0. The summed E-state index contributed by atoms with van der Waals surface area (Å²) in [7, 11) is -4.69. The van der Waals surface area contributed by atoms with Gasteiger partial charge >= 0.3 is 0 Å². The van der Waals surface area contributed by atoms with E-state index in [1.54, 1.807) is 11.8 Å². The van der Waals surface area contributed by atoms with Gasteiger partial charge in [-0.05, 0) is 48.5 Å². The zero-order chi connectivity index (χ0) is 25.8. The maximum atomic E-state index is 13.9. The quantitative estimate of drug-likeness (QED) is 0.174. The van der Waals surface area contributed by atoms with Crippen LogP contribution in [0, 0.1) is 0 Å². The SMILES string of the molecule is CC(C)(O[Si](c1ccccc1)(c1ccccc1)[Si](C)(C)C)C(=O)c1ccc(Sc2ccccc2)cc1. The Balaban J connectivity index is 1.70. The van der Waals surface area contributed by atoms with E-state index in [1.807, 2.05) is 68.4 Å². The number of benzene rings is 4. The lowest BCUT2D eigenvalue weighted by atomic mass is 9.97. The molecule has 0 saturated carbocycles. The smallest absolute Gasteiger partial charge is 0.241 e. The predicted octanol–water partition coefficient (Wildman–Crippen LogP) is 6.99. The summed E-state index contributed by atoms with van der Waals surface area (Å²) < 4.78 is 7.25. The molecule has 0 aliphatic heterocycles. The summed E-state index contributed by atoms with van der Waals surface area (Å²) in [4.78, 5) is 16.2. The summed E-state index contributed by atoms with van der Waals surface area (Å²) in [6.07, 6.45) is 0. The zero-order valence-corrected chi connectivity index (χ0v) is 24.5. The van der Waals surface area contributed by atoms with E-state index in [0.717, 1.165) is 4.90 Å². The van der Waals surface area contributed by atoms with Gasteiger partial charge in [-0.25, -0.2) is 0 Å². The highest BCUT2D eigenvalue weighted by molar-refractivity contribution is 7.99. The second-order valence-electron chi connectivity index (χ2n) is 10.5. The molecule has 4 aromatic rings. The van der Waals surface area contributed by atoms with Gasteiger partial charge < -0.3 is 4.43 Å². The Kier molecular flexibility index (Phi) is 7.86. The molecule has 0 radical (unpaired) electrons. The fourth-order valence-electron chi connectivity index (χ4n) is 4.73. The lowest BCUT2D eigenvalue weighted by Gasteiger charge is -2.46. The van der Waals surface area contributed by atoms with Gasteiger partial charge in [0.15, 0.2) is 5.78 Å². The van der Waals surface area contributed by atoms with Crippen LogP contribution in [0.5, 0.6) is 0 Å². The summed E-state index contributed by atoms with van der Waals surface area (Å²) in [5.74, 6) is 0.0146. The molecule has 0 atom stereocenters. The molecule has 0 aliphatic carbocycles. The number of rotatable bonds is 9. The van der Waals surface area contributed by atoms with Crippen molar-refractivity contribution >= 4 is 43.3 Å². The van der Waals surface area contributed by atoms with Gasteiger partial charge in [-0.3, -0.25) is 4.79 Å². The number of hydrogen-bond donors (Lipinski definition) is 0. The average molecular weight is 527 g/mol. The molecule has 2 nitrogen and oxygen atoms in total. The Morgan fingerprint density at radius 2 is 1.06 bits per heavy atom. The van der Waals surface area contributed by atoms with Crippen LogP contribution in [0.3, 0.4) is 0 Å². The molecular weight excluding hydrogens is 493 g/mol. The molecule has 0 fully saturated rings. The minimum absolute atomic E-state index is 0.0146. The number of carbonyl (C=O) groups excluding carboxylic acids is 1. The highest BCUT2D eigenvalue weighted by Gasteiger charge is 2.54. The topological polar surface area (TPSA) is 26.3 Å². The van der Waals surface area contributed by atoms with Gasteiger partial charge in [0.05, 0.1) is 7.59 Å². The molecule has 184 valence electrons. The molecular formula is C31H34O2SSi2. The fourth-order valence-corrected chi connectivity index (χ4v) is 18.2.